The van der Waals surface area contributed by atoms with Gasteiger partial charge in [0.25, 0.3) is 5.56 Å². The summed E-state index contributed by atoms with van der Waals surface area (Å²) in [5.41, 5.74) is 1.03. The van der Waals surface area contributed by atoms with E-state index in [-0.39, 0.29) is 24.2 Å². The third kappa shape index (κ3) is 3.29. The Balaban J connectivity index is 1.55. The van der Waals surface area contributed by atoms with Gasteiger partial charge in [-0.05, 0) is 30.4 Å². The van der Waals surface area contributed by atoms with E-state index in [1.165, 1.54) is 0 Å². The van der Waals surface area contributed by atoms with Crippen molar-refractivity contribution in [2.75, 3.05) is 6.54 Å². The Morgan fingerprint density at radius 3 is 2.68 bits per heavy atom. The van der Waals surface area contributed by atoms with Gasteiger partial charge < -0.3 is 15.2 Å². The van der Waals surface area contributed by atoms with E-state index in [0.717, 1.165) is 16.3 Å². The van der Waals surface area contributed by atoms with Crippen LogP contribution in [0, 0.1) is 0 Å². The van der Waals surface area contributed by atoms with Gasteiger partial charge in [-0.1, -0.05) is 41.9 Å². The molecule has 0 fully saturated rings. The molecule has 8 heteroatoms. The largest absolute Gasteiger partial charge is 0.331 e. The van der Waals surface area contributed by atoms with Crippen molar-refractivity contribution in [3.8, 4) is 0 Å². The lowest BCUT2D eigenvalue weighted by Crippen LogP contribution is -2.46. The van der Waals surface area contributed by atoms with Gasteiger partial charge in [0, 0.05) is 28.2 Å². The fraction of sp³-hybridized carbons (Fsp3) is 0.250. The van der Waals surface area contributed by atoms with Crippen LogP contribution in [0.2, 0.25) is 5.02 Å². The second-order valence-electron chi connectivity index (χ2n) is 6.89. The van der Waals surface area contributed by atoms with Crippen molar-refractivity contribution >= 4 is 28.4 Å². The minimum absolute atomic E-state index is 0.189. The van der Waals surface area contributed by atoms with Crippen LogP contribution in [-0.4, -0.2) is 27.4 Å². The highest BCUT2D eigenvalue weighted by molar-refractivity contribution is 6.35. The molecule has 1 atom stereocenters. The van der Waals surface area contributed by atoms with Crippen molar-refractivity contribution in [3.63, 3.8) is 0 Å². The zero-order valence-corrected chi connectivity index (χ0v) is 16.0. The maximum absolute atomic E-state index is 12.8. The van der Waals surface area contributed by atoms with Crippen LogP contribution in [-0.2, 0) is 13.0 Å². The van der Waals surface area contributed by atoms with Gasteiger partial charge in [0.2, 0.25) is 0 Å². The Hall–Kier alpha value is -3.06. The fourth-order valence-corrected chi connectivity index (χ4v) is 3.89. The third-order valence-electron chi connectivity index (χ3n) is 5.11. The molecular formula is C20H19ClN4O3. The van der Waals surface area contributed by atoms with E-state index in [2.05, 4.69) is 15.3 Å². The summed E-state index contributed by atoms with van der Waals surface area (Å²) < 4.78 is 0. The average molecular weight is 399 g/mol. The van der Waals surface area contributed by atoms with Gasteiger partial charge >= 0.3 is 11.7 Å². The third-order valence-corrected chi connectivity index (χ3v) is 5.44. The number of hydrogen-bond acceptors (Lipinski definition) is 3. The maximum atomic E-state index is 12.8. The Morgan fingerprint density at radius 1 is 1.14 bits per heavy atom. The van der Waals surface area contributed by atoms with Crippen LogP contribution in [0.5, 0.6) is 0 Å². The van der Waals surface area contributed by atoms with Crippen molar-refractivity contribution in [1.29, 1.82) is 0 Å². The van der Waals surface area contributed by atoms with Gasteiger partial charge in [0.05, 0.1) is 12.6 Å². The predicted molar refractivity (Wildman–Crippen MR) is 108 cm³/mol. The summed E-state index contributed by atoms with van der Waals surface area (Å²) in [5.74, 6) is 0. The summed E-state index contributed by atoms with van der Waals surface area (Å²) >= 11 is 6.28. The van der Waals surface area contributed by atoms with E-state index in [4.69, 9.17) is 11.6 Å². The highest BCUT2D eigenvalue weighted by Crippen LogP contribution is 2.30. The number of amides is 2. The van der Waals surface area contributed by atoms with Gasteiger partial charge in [0.15, 0.2) is 0 Å². The molecule has 2 heterocycles. The highest BCUT2D eigenvalue weighted by atomic mass is 35.5. The first-order valence-electron chi connectivity index (χ1n) is 9.01. The van der Waals surface area contributed by atoms with E-state index in [1.54, 1.807) is 4.90 Å². The number of aromatic nitrogens is 2. The predicted octanol–water partition coefficient (Wildman–Crippen LogP) is 2.70. The number of carbonyl (C=O) groups is 1. The number of nitrogens with one attached hydrogen (secondary N) is 3. The Morgan fingerprint density at radius 2 is 1.89 bits per heavy atom. The molecule has 1 aliphatic rings. The topological polar surface area (TPSA) is 98.1 Å². The summed E-state index contributed by atoms with van der Waals surface area (Å²) in [4.78, 5) is 42.6. The minimum Gasteiger partial charge on any atom is -0.331 e. The first kappa shape index (κ1) is 18.3. The van der Waals surface area contributed by atoms with Crippen LogP contribution in [0.1, 0.15) is 29.8 Å². The zero-order chi connectivity index (χ0) is 19.8. The number of nitrogens with zero attached hydrogens (tertiary/aromatic N) is 1. The molecule has 0 bridgehead atoms. The number of aromatic amines is 2. The number of carbonyl (C=O) groups excluding carboxylic acids is 1. The smallest absolute Gasteiger partial charge is 0.325 e. The Labute approximate surface area is 165 Å². The molecule has 3 aromatic rings. The van der Waals surface area contributed by atoms with Crippen LogP contribution < -0.4 is 16.6 Å². The normalized spacial score (nSPS) is 14.6. The molecule has 0 spiro atoms. The lowest BCUT2D eigenvalue weighted by molar-refractivity contribution is 0.188. The molecule has 7 nitrogen and oxygen atoms in total. The Kier molecular flexibility index (Phi) is 4.68. The number of rotatable bonds is 2. The number of hydrogen-bond donors (Lipinski definition) is 3. The monoisotopic (exact) mass is 398 g/mol. The van der Waals surface area contributed by atoms with Gasteiger partial charge in [0.1, 0.15) is 0 Å². The second kappa shape index (κ2) is 7.16. The van der Waals surface area contributed by atoms with Crippen LogP contribution in [0.4, 0.5) is 4.79 Å². The van der Waals surface area contributed by atoms with Crippen LogP contribution in [0.25, 0.3) is 10.8 Å². The molecule has 1 aromatic heterocycles. The molecule has 2 amide bonds. The first-order chi connectivity index (χ1) is 13.4. The average Bonchev–Trinajstić information content (AvgIpc) is 2.67. The van der Waals surface area contributed by atoms with Crippen molar-refractivity contribution in [2.45, 2.75) is 25.9 Å². The van der Waals surface area contributed by atoms with Crippen molar-refractivity contribution in [2.24, 2.45) is 0 Å². The molecule has 144 valence electrons. The Bertz CT molecular complexity index is 1180. The van der Waals surface area contributed by atoms with Crippen molar-refractivity contribution < 1.29 is 4.79 Å². The summed E-state index contributed by atoms with van der Waals surface area (Å²) in [6, 6.07) is 11.0. The second-order valence-corrected chi connectivity index (χ2v) is 7.30. The first-order valence-corrected chi connectivity index (χ1v) is 9.39. The molecule has 0 saturated heterocycles. The molecule has 0 radical (unpaired) electrons. The van der Waals surface area contributed by atoms with Gasteiger partial charge in [-0.3, -0.25) is 9.78 Å². The number of benzene rings is 2. The van der Waals surface area contributed by atoms with Crippen LogP contribution in [0.3, 0.4) is 0 Å². The van der Waals surface area contributed by atoms with Crippen molar-refractivity contribution in [1.82, 2.24) is 20.2 Å². The van der Waals surface area contributed by atoms with E-state index in [9.17, 15) is 14.4 Å². The zero-order valence-electron chi connectivity index (χ0n) is 15.2. The lowest BCUT2D eigenvalue weighted by atomic mass is 9.99. The molecule has 1 aliphatic heterocycles. The number of H-pyrrole nitrogens is 2. The minimum atomic E-state index is -0.563. The quantitative estimate of drug-likeness (QED) is 0.619. The van der Waals surface area contributed by atoms with E-state index < -0.39 is 5.69 Å². The molecule has 0 aliphatic carbocycles. The molecule has 4 rings (SSSR count). The number of halogens is 1. The summed E-state index contributed by atoms with van der Waals surface area (Å²) in [6.45, 7) is 2.51. The number of fused-ring (bicyclic) bond motifs is 2. The molecule has 3 N–H and O–H groups in total. The van der Waals surface area contributed by atoms with Crippen LogP contribution >= 0.6 is 11.6 Å². The molecule has 28 heavy (non-hydrogen) atoms. The van der Waals surface area contributed by atoms with Crippen molar-refractivity contribution in [3.05, 3.63) is 79.1 Å². The summed E-state index contributed by atoms with van der Waals surface area (Å²) in [6.07, 6.45) is 0.396. The molecular weight excluding hydrogens is 380 g/mol. The lowest BCUT2D eigenvalue weighted by Gasteiger charge is -2.29. The summed E-state index contributed by atoms with van der Waals surface area (Å²) in [5, 5.41) is 5.59. The van der Waals surface area contributed by atoms with Gasteiger partial charge in [-0.25, -0.2) is 9.59 Å². The standard InChI is InChI=1S/C20H19ClN4O3/c1-11(12-6-7-16(21)14-5-3-2-4-13(12)14)22-20(28)25-9-8-15-17(10-25)23-19(27)24-18(15)26/h2-7,11H,8-10H2,1H3,(H,22,28)(H2,23,24,26,27). The fourth-order valence-electron chi connectivity index (χ4n) is 3.67. The van der Waals surface area contributed by atoms with Gasteiger partial charge in [-0.2, -0.15) is 0 Å². The van der Waals surface area contributed by atoms with Crippen LogP contribution in [0.15, 0.2) is 46.0 Å². The van der Waals surface area contributed by atoms with E-state index in [0.29, 0.717) is 29.2 Å². The molecule has 1 unspecified atom stereocenters. The maximum Gasteiger partial charge on any atom is 0.325 e. The number of urea groups is 1. The van der Waals surface area contributed by atoms with E-state index in [1.807, 2.05) is 43.3 Å². The van der Waals surface area contributed by atoms with Gasteiger partial charge in [-0.15, -0.1) is 0 Å². The highest BCUT2D eigenvalue weighted by Gasteiger charge is 2.25. The summed E-state index contributed by atoms with van der Waals surface area (Å²) in [7, 11) is 0. The van der Waals surface area contributed by atoms with E-state index >= 15 is 0 Å². The molecule has 2 aromatic carbocycles. The SMILES string of the molecule is CC(NC(=O)N1CCc2c([nH]c(=O)[nH]c2=O)C1)c1ccc(Cl)c2ccccc12. The molecule has 0 saturated carbocycles.